The monoisotopic (exact) mass is 233 g/mol. The summed E-state index contributed by atoms with van der Waals surface area (Å²) in [7, 11) is 3.22. The molecule has 90 valence electrons. The second kappa shape index (κ2) is 4.49. The fourth-order valence-corrected chi connectivity index (χ4v) is 1.78. The summed E-state index contributed by atoms with van der Waals surface area (Å²) in [5.74, 6) is 2.80. The van der Waals surface area contributed by atoms with Crippen molar-refractivity contribution in [2.45, 2.75) is 13.8 Å². The second-order valence-corrected chi connectivity index (χ2v) is 3.72. The van der Waals surface area contributed by atoms with Crippen LogP contribution in [-0.4, -0.2) is 19.2 Å². The summed E-state index contributed by atoms with van der Waals surface area (Å²) in [6.07, 6.45) is 0. The van der Waals surface area contributed by atoms with Gasteiger partial charge in [-0.3, -0.25) is 0 Å². The molecule has 1 aromatic heterocycles. The van der Waals surface area contributed by atoms with Gasteiger partial charge in [-0.25, -0.2) is 4.98 Å². The summed E-state index contributed by atoms with van der Waals surface area (Å²) >= 11 is 0. The lowest BCUT2D eigenvalue weighted by molar-refractivity contribution is 0.355. The Kier molecular flexibility index (Phi) is 3.04. The van der Waals surface area contributed by atoms with Crippen molar-refractivity contribution in [2.24, 2.45) is 0 Å². The van der Waals surface area contributed by atoms with Crippen molar-refractivity contribution < 1.29 is 13.9 Å². The molecular formula is C13H15NO3. The van der Waals surface area contributed by atoms with Crippen LogP contribution in [0, 0.1) is 13.8 Å². The highest BCUT2D eigenvalue weighted by atomic mass is 16.5. The highest BCUT2D eigenvalue weighted by molar-refractivity contribution is 5.64. The van der Waals surface area contributed by atoms with Crippen molar-refractivity contribution in [1.82, 2.24) is 4.98 Å². The van der Waals surface area contributed by atoms with Crippen LogP contribution in [0.15, 0.2) is 22.6 Å². The molecule has 0 amide bonds. The molecule has 0 radical (unpaired) electrons. The molecule has 0 bridgehead atoms. The third-order valence-electron chi connectivity index (χ3n) is 2.55. The van der Waals surface area contributed by atoms with E-state index in [1.165, 1.54) is 0 Å². The van der Waals surface area contributed by atoms with Crippen LogP contribution in [0.3, 0.4) is 0 Å². The van der Waals surface area contributed by atoms with Gasteiger partial charge in [0, 0.05) is 12.5 Å². The summed E-state index contributed by atoms with van der Waals surface area (Å²) in [6, 6.07) is 5.66. The maximum absolute atomic E-state index is 5.57. The van der Waals surface area contributed by atoms with Crippen LogP contribution in [0.2, 0.25) is 0 Å². The molecule has 0 N–H and O–H groups in total. The smallest absolute Gasteiger partial charge is 0.192 e. The minimum absolute atomic E-state index is 0.660. The lowest BCUT2D eigenvalue weighted by Crippen LogP contribution is -1.90. The number of hydrogen-bond donors (Lipinski definition) is 0. The molecule has 0 atom stereocenters. The Bertz CT molecular complexity index is 531. The second-order valence-electron chi connectivity index (χ2n) is 3.72. The Morgan fingerprint density at radius 3 is 2.29 bits per heavy atom. The standard InChI is InChI=1S/C13H15NO3/c1-8-13(17-9(2)14-8)10-5-6-11(15-3)12(7-10)16-4/h5-7H,1-4H3. The van der Waals surface area contributed by atoms with Gasteiger partial charge in [0.05, 0.1) is 19.9 Å². The van der Waals surface area contributed by atoms with Crippen LogP contribution in [0.25, 0.3) is 11.3 Å². The number of hydrogen-bond acceptors (Lipinski definition) is 4. The van der Waals surface area contributed by atoms with Gasteiger partial charge in [-0.1, -0.05) is 0 Å². The van der Waals surface area contributed by atoms with E-state index < -0.39 is 0 Å². The van der Waals surface area contributed by atoms with Crippen molar-refractivity contribution in [3.63, 3.8) is 0 Å². The molecule has 2 rings (SSSR count). The minimum atomic E-state index is 0.660. The van der Waals surface area contributed by atoms with Gasteiger partial charge in [-0.2, -0.15) is 0 Å². The van der Waals surface area contributed by atoms with E-state index in [0.717, 1.165) is 17.0 Å². The molecule has 0 aliphatic rings. The molecule has 4 heteroatoms. The number of aromatic nitrogens is 1. The third kappa shape index (κ3) is 2.11. The van der Waals surface area contributed by atoms with Gasteiger partial charge in [-0.05, 0) is 25.1 Å². The van der Waals surface area contributed by atoms with Crippen molar-refractivity contribution >= 4 is 0 Å². The average Bonchev–Trinajstić information content (AvgIpc) is 2.67. The number of rotatable bonds is 3. The predicted molar refractivity (Wildman–Crippen MR) is 64.5 cm³/mol. The predicted octanol–water partition coefficient (Wildman–Crippen LogP) is 2.98. The molecule has 1 heterocycles. The van der Waals surface area contributed by atoms with Gasteiger partial charge in [-0.15, -0.1) is 0 Å². The van der Waals surface area contributed by atoms with Gasteiger partial charge >= 0.3 is 0 Å². The zero-order chi connectivity index (χ0) is 12.4. The molecule has 4 nitrogen and oxygen atoms in total. The quantitative estimate of drug-likeness (QED) is 0.817. The zero-order valence-corrected chi connectivity index (χ0v) is 10.4. The Balaban J connectivity index is 2.50. The van der Waals surface area contributed by atoms with Gasteiger partial charge in [0.1, 0.15) is 0 Å². The zero-order valence-electron chi connectivity index (χ0n) is 10.4. The number of oxazole rings is 1. The fraction of sp³-hybridized carbons (Fsp3) is 0.308. The third-order valence-corrected chi connectivity index (χ3v) is 2.55. The van der Waals surface area contributed by atoms with Gasteiger partial charge < -0.3 is 13.9 Å². The lowest BCUT2D eigenvalue weighted by Gasteiger charge is -2.08. The maximum atomic E-state index is 5.57. The fourth-order valence-electron chi connectivity index (χ4n) is 1.78. The van der Waals surface area contributed by atoms with E-state index >= 15 is 0 Å². The van der Waals surface area contributed by atoms with E-state index in [4.69, 9.17) is 13.9 Å². The molecular weight excluding hydrogens is 218 g/mol. The maximum Gasteiger partial charge on any atom is 0.192 e. The van der Waals surface area contributed by atoms with Crippen LogP contribution < -0.4 is 9.47 Å². The van der Waals surface area contributed by atoms with Gasteiger partial charge in [0.15, 0.2) is 23.1 Å². The molecule has 1 aromatic carbocycles. The van der Waals surface area contributed by atoms with Crippen LogP contribution in [0.5, 0.6) is 11.5 Å². The number of methoxy groups -OCH3 is 2. The van der Waals surface area contributed by atoms with E-state index in [2.05, 4.69) is 4.98 Å². The summed E-state index contributed by atoms with van der Waals surface area (Å²) in [5.41, 5.74) is 1.80. The van der Waals surface area contributed by atoms with Crippen molar-refractivity contribution in [2.75, 3.05) is 14.2 Å². The lowest BCUT2D eigenvalue weighted by atomic mass is 10.1. The van der Waals surface area contributed by atoms with Crippen molar-refractivity contribution in [1.29, 1.82) is 0 Å². The molecule has 0 unspecified atom stereocenters. The molecule has 17 heavy (non-hydrogen) atoms. The van der Waals surface area contributed by atoms with Crippen molar-refractivity contribution in [3.05, 3.63) is 29.8 Å². The number of benzene rings is 1. The molecule has 0 aliphatic heterocycles. The minimum Gasteiger partial charge on any atom is -0.493 e. The summed E-state index contributed by atoms with van der Waals surface area (Å²) in [6.45, 7) is 3.75. The first-order valence-corrected chi connectivity index (χ1v) is 5.32. The van der Waals surface area contributed by atoms with E-state index in [0.29, 0.717) is 17.4 Å². The summed E-state index contributed by atoms with van der Waals surface area (Å²) in [4.78, 5) is 4.25. The first-order valence-electron chi connectivity index (χ1n) is 5.32. The Hall–Kier alpha value is -1.97. The molecule has 0 saturated heterocycles. The highest BCUT2D eigenvalue weighted by Crippen LogP contribution is 2.33. The van der Waals surface area contributed by atoms with E-state index in [1.807, 2.05) is 32.0 Å². The van der Waals surface area contributed by atoms with Crippen LogP contribution in [-0.2, 0) is 0 Å². The van der Waals surface area contributed by atoms with E-state index in [-0.39, 0.29) is 0 Å². The molecule has 0 spiro atoms. The van der Waals surface area contributed by atoms with Gasteiger partial charge in [0.2, 0.25) is 0 Å². The summed E-state index contributed by atoms with van der Waals surface area (Å²) in [5, 5.41) is 0. The van der Waals surface area contributed by atoms with Crippen molar-refractivity contribution in [3.8, 4) is 22.8 Å². The molecule has 0 aliphatic carbocycles. The normalized spacial score (nSPS) is 10.4. The largest absolute Gasteiger partial charge is 0.493 e. The Morgan fingerprint density at radius 1 is 1.06 bits per heavy atom. The average molecular weight is 233 g/mol. The number of nitrogens with zero attached hydrogens (tertiary/aromatic N) is 1. The molecule has 0 saturated carbocycles. The first-order chi connectivity index (χ1) is 8.15. The molecule has 0 fully saturated rings. The Labute approximate surface area is 100 Å². The number of ether oxygens (including phenoxy) is 2. The first kappa shape index (κ1) is 11.5. The highest BCUT2D eigenvalue weighted by Gasteiger charge is 2.12. The summed E-state index contributed by atoms with van der Waals surface area (Å²) < 4.78 is 16.0. The van der Waals surface area contributed by atoms with Gasteiger partial charge in [0.25, 0.3) is 0 Å². The Morgan fingerprint density at radius 2 is 1.76 bits per heavy atom. The topological polar surface area (TPSA) is 44.5 Å². The van der Waals surface area contributed by atoms with E-state index in [1.54, 1.807) is 14.2 Å². The number of aryl methyl sites for hydroxylation is 2. The van der Waals surface area contributed by atoms with Crippen LogP contribution >= 0.6 is 0 Å². The van der Waals surface area contributed by atoms with Crippen LogP contribution in [0.4, 0.5) is 0 Å². The van der Waals surface area contributed by atoms with E-state index in [9.17, 15) is 0 Å². The SMILES string of the molecule is COc1ccc(-c2oc(C)nc2C)cc1OC. The van der Waals surface area contributed by atoms with Crippen LogP contribution in [0.1, 0.15) is 11.6 Å². The molecule has 2 aromatic rings.